The molecule has 0 heterocycles. The summed E-state index contributed by atoms with van der Waals surface area (Å²) in [4.78, 5) is 20.5. The van der Waals surface area contributed by atoms with Gasteiger partial charge in [0.1, 0.15) is 11.4 Å². The van der Waals surface area contributed by atoms with Crippen molar-refractivity contribution in [3.05, 3.63) is 69.5 Å². The number of nitroso groups, excluding NO2 is 2. The Morgan fingerprint density at radius 1 is 0.611 bits per heavy atom. The Labute approximate surface area is 105 Å². The molecule has 2 aromatic carbocycles. The van der Waals surface area contributed by atoms with Crippen molar-refractivity contribution in [3.63, 3.8) is 0 Å². The van der Waals surface area contributed by atoms with Gasteiger partial charge in [0.15, 0.2) is 0 Å². The van der Waals surface area contributed by atoms with Crippen LogP contribution in [0, 0.1) is 9.81 Å². The van der Waals surface area contributed by atoms with Gasteiger partial charge < -0.3 is 0 Å². The molecule has 0 saturated heterocycles. The van der Waals surface area contributed by atoms with Crippen LogP contribution in [0.15, 0.2) is 58.9 Å². The van der Waals surface area contributed by atoms with Gasteiger partial charge in [-0.3, -0.25) is 0 Å². The molecule has 0 fully saturated rings. The van der Waals surface area contributed by atoms with Crippen molar-refractivity contribution in [2.24, 2.45) is 10.4 Å². The zero-order valence-electron chi connectivity index (χ0n) is 9.74. The first-order valence-corrected chi connectivity index (χ1v) is 5.66. The summed E-state index contributed by atoms with van der Waals surface area (Å²) in [6.45, 7) is 0. The van der Waals surface area contributed by atoms with Crippen molar-refractivity contribution in [1.82, 2.24) is 0 Å². The number of nitrogens with zero attached hydrogens (tertiary/aromatic N) is 2. The van der Waals surface area contributed by atoms with Crippen LogP contribution in [0.5, 0.6) is 0 Å². The van der Waals surface area contributed by atoms with E-state index in [0.29, 0.717) is 11.4 Å². The summed E-state index contributed by atoms with van der Waals surface area (Å²) >= 11 is 0. The average Bonchev–Trinajstić information content (AvgIpc) is 2.46. The van der Waals surface area contributed by atoms with Gasteiger partial charge in [-0.1, -0.05) is 24.3 Å². The summed E-state index contributed by atoms with van der Waals surface area (Å²) < 4.78 is 0. The van der Waals surface area contributed by atoms with Crippen LogP contribution in [0.2, 0.25) is 0 Å². The SMILES string of the molecule is O=Nc1ccc(CCc2ccc(N=O)cc2)cc1. The highest BCUT2D eigenvalue weighted by Crippen LogP contribution is 2.16. The van der Waals surface area contributed by atoms with Crippen molar-refractivity contribution in [2.75, 3.05) is 0 Å². The lowest BCUT2D eigenvalue weighted by Crippen LogP contribution is -1.90. The Bertz CT molecular complexity index is 481. The van der Waals surface area contributed by atoms with E-state index in [0.717, 1.165) is 24.0 Å². The summed E-state index contributed by atoms with van der Waals surface area (Å²) in [5.41, 5.74) is 3.19. The van der Waals surface area contributed by atoms with Gasteiger partial charge in [0.05, 0.1) is 0 Å². The third-order valence-corrected chi connectivity index (χ3v) is 2.79. The van der Waals surface area contributed by atoms with Crippen LogP contribution in [-0.4, -0.2) is 0 Å². The van der Waals surface area contributed by atoms with E-state index in [2.05, 4.69) is 10.4 Å². The third-order valence-electron chi connectivity index (χ3n) is 2.79. The maximum absolute atomic E-state index is 10.3. The smallest absolute Gasteiger partial charge is 0.108 e. The Kier molecular flexibility index (Phi) is 3.91. The predicted octanol–water partition coefficient (Wildman–Crippen LogP) is 4.27. The van der Waals surface area contributed by atoms with Gasteiger partial charge in [0, 0.05) is 0 Å². The first-order valence-electron chi connectivity index (χ1n) is 5.66. The predicted molar refractivity (Wildman–Crippen MR) is 71.2 cm³/mol. The van der Waals surface area contributed by atoms with E-state index >= 15 is 0 Å². The van der Waals surface area contributed by atoms with Crippen LogP contribution in [0.3, 0.4) is 0 Å². The molecule has 4 nitrogen and oxygen atoms in total. The lowest BCUT2D eigenvalue weighted by atomic mass is 10.0. The second-order valence-corrected chi connectivity index (χ2v) is 4.02. The van der Waals surface area contributed by atoms with Crippen molar-refractivity contribution >= 4 is 11.4 Å². The summed E-state index contributed by atoms with van der Waals surface area (Å²) in [6.07, 6.45) is 1.76. The maximum Gasteiger partial charge on any atom is 0.108 e. The number of aryl methyl sites for hydroxylation is 2. The molecule has 18 heavy (non-hydrogen) atoms. The molecule has 0 aliphatic heterocycles. The number of benzene rings is 2. The molecular weight excluding hydrogens is 228 g/mol. The maximum atomic E-state index is 10.3. The van der Waals surface area contributed by atoms with Gasteiger partial charge in [-0.2, -0.15) is 0 Å². The Morgan fingerprint density at radius 2 is 0.944 bits per heavy atom. The molecule has 2 aromatic rings. The van der Waals surface area contributed by atoms with Gasteiger partial charge in [0.25, 0.3) is 0 Å². The molecule has 0 spiro atoms. The van der Waals surface area contributed by atoms with E-state index in [9.17, 15) is 9.81 Å². The quantitative estimate of drug-likeness (QED) is 0.733. The van der Waals surface area contributed by atoms with E-state index in [4.69, 9.17) is 0 Å². The van der Waals surface area contributed by atoms with Crippen molar-refractivity contribution in [3.8, 4) is 0 Å². The lowest BCUT2D eigenvalue weighted by Gasteiger charge is -2.02. The van der Waals surface area contributed by atoms with E-state index in [1.54, 1.807) is 24.3 Å². The van der Waals surface area contributed by atoms with Gasteiger partial charge >= 0.3 is 0 Å². The Balaban J connectivity index is 1.97. The van der Waals surface area contributed by atoms with Crippen LogP contribution in [-0.2, 0) is 12.8 Å². The minimum Gasteiger partial charge on any atom is -0.145 e. The van der Waals surface area contributed by atoms with Crippen LogP contribution in [0.25, 0.3) is 0 Å². The minimum absolute atomic E-state index is 0.445. The molecule has 0 aliphatic carbocycles. The van der Waals surface area contributed by atoms with Crippen LogP contribution < -0.4 is 0 Å². The average molecular weight is 240 g/mol. The molecular formula is C14H12N2O2. The second kappa shape index (κ2) is 5.82. The first-order chi connectivity index (χ1) is 8.81. The van der Waals surface area contributed by atoms with Crippen LogP contribution in [0.1, 0.15) is 11.1 Å². The van der Waals surface area contributed by atoms with E-state index in [1.807, 2.05) is 24.3 Å². The summed E-state index contributed by atoms with van der Waals surface area (Å²) in [5.74, 6) is 0. The second-order valence-electron chi connectivity index (χ2n) is 4.02. The highest BCUT2D eigenvalue weighted by Gasteiger charge is 1.98. The fourth-order valence-corrected chi connectivity index (χ4v) is 1.74. The van der Waals surface area contributed by atoms with E-state index in [1.165, 1.54) is 0 Å². The zero-order valence-corrected chi connectivity index (χ0v) is 9.74. The molecule has 2 rings (SSSR count). The highest BCUT2D eigenvalue weighted by atomic mass is 16.3. The molecule has 0 N–H and O–H groups in total. The Hall–Kier alpha value is -2.36. The Morgan fingerprint density at radius 3 is 1.22 bits per heavy atom. The molecule has 0 aliphatic rings. The largest absolute Gasteiger partial charge is 0.145 e. The molecule has 0 saturated carbocycles. The fraction of sp³-hybridized carbons (Fsp3) is 0.143. The molecule has 0 radical (unpaired) electrons. The topological polar surface area (TPSA) is 58.9 Å². The zero-order chi connectivity index (χ0) is 12.8. The molecule has 0 bridgehead atoms. The molecule has 0 aromatic heterocycles. The molecule has 90 valence electrons. The normalized spacial score (nSPS) is 10.0. The van der Waals surface area contributed by atoms with Crippen molar-refractivity contribution in [2.45, 2.75) is 12.8 Å². The number of hydrogen-bond donors (Lipinski definition) is 0. The van der Waals surface area contributed by atoms with Gasteiger partial charge in [-0.25, -0.2) is 0 Å². The fourth-order valence-electron chi connectivity index (χ4n) is 1.74. The molecule has 0 amide bonds. The van der Waals surface area contributed by atoms with Crippen molar-refractivity contribution < 1.29 is 0 Å². The summed E-state index contributed by atoms with van der Waals surface area (Å²) in [5, 5.41) is 5.72. The minimum atomic E-state index is 0.445. The highest BCUT2D eigenvalue weighted by molar-refractivity contribution is 5.40. The number of hydrogen-bond acceptors (Lipinski definition) is 4. The molecule has 0 unspecified atom stereocenters. The van der Waals surface area contributed by atoms with Gasteiger partial charge in [-0.05, 0) is 58.6 Å². The standard InChI is InChI=1S/C14H12N2O2/c17-15-13-7-3-11(4-8-13)1-2-12-5-9-14(16-18)10-6-12/h3-10H,1-2H2. The van der Waals surface area contributed by atoms with Gasteiger partial charge in [0.2, 0.25) is 0 Å². The monoisotopic (exact) mass is 240 g/mol. The summed E-state index contributed by atoms with van der Waals surface area (Å²) in [7, 11) is 0. The first kappa shape index (κ1) is 12.1. The molecule has 4 heteroatoms. The lowest BCUT2D eigenvalue weighted by molar-refractivity contribution is 0.960. The van der Waals surface area contributed by atoms with E-state index < -0.39 is 0 Å². The molecule has 0 atom stereocenters. The number of rotatable bonds is 5. The van der Waals surface area contributed by atoms with Crippen molar-refractivity contribution in [1.29, 1.82) is 0 Å². The van der Waals surface area contributed by atoms with Gasteiger partial charge in [-0.15, -0.1) is 9.81 Å². The third kappa shape index (κ3) is 3.07. The van der Waals surface area contributed by atoms with E-state index in [-0.39, 0.29) is 0 Å². The van der Waals surface area contributed by atoms with Crippen LogP contribution in [0.4, 0.5) is 11.4 Å². The van der Waals surface area contributed by atoms with Crippen LogP contribution >= 0.6 is 0 Å². The summed E-state index contributed by atoms with van der Waals surface area (Å²) in [6, 6.07) is 14.4.